The molecule has 0 spiro atoms. The number of alkyl halides is 3. The molecule has 192 valence electrons. The molecular formula is C26H19F3O8. The fourth-order valence-electron chi connectivity index (χ4n) is 3.49. The van der Waals surface area contributed by atoms with E-state index in [4.69, 9.17) is 28.1 Å². The zero-order chi connectivity index (χ0) is 26.7. The van der Waals surface area contributed by atoms with Crippen LogP contribution in [0.5, 0.6) is 34.5 Å². The maximum atomic E-state index is 13.9. The molecule has 3 aromatic carbocycles. The normalized spacial score (nSPS) is 11.2. The largest absolute Gasteiger partial charge is 0.497 e. The summed E-state index contributed by atoms with van der Waals surface area (Å²) in [5, 5.41) is -0.222. The Balaban J connectivity index is 1.76. The summed E-state index contributed by atoms with van der Waals surface area (Å²) in [6, 6.07) is 13.8. The quantitative estimate of drug-likeness (QED) is 0.223. The summed E-state index contributed by atoms with van der Waals surface area (Å²) in [5.74, 6) is -3.19. The van der Waals surface area contributed by atoms with Gasteiger partial charge in [0, 0.05) is 12.1 Å². The van der Waals surface area contributed by atoms with Crippen molar-refractivity contribution in [1.29, 1.82) is 0 Å². The molecule has 0 N–H and O–H groups in total. The van der Waals surface area contributed by atoms with Gasteiger partial charge in [0.15, 0.2) is 0 Å². The monoisotopic (exact) mass is 516 g/mol. The van der Waals surface area contributed by atoms with Gasteiger partial charge in [-0.15, -0.1) is 0 Å². The number of fused-ring (bicyclic) bond motifs is 1. The van der Waals surface area contributed by atoms with Gasteiger partial charge in [-0.2, -0.15) is 13.2 Å². The van der Waals surface area contributed by atoms with Crippen LogP contribution in [0.2, 0.25) is 0 Å². The highest BCUT2D eigenvalue weighted by Crippen LogP contribution is 2.39. The average Bonchev–Trinajstić information content (AvgIpc) is 2.88. The number of hydrogen-bond donors (Lipinski definition) is 0. The third-order valence-electron chi connectivity index (χ3n) is 5.18. The molecule has 0 aliphatic rings. The van der Waals surface area contributed by atoms with Crippen molar-refractivity contribution in [1.82, 2.24) is 0 Å². The zero-order valence-electron chi connectivity index (χ0n) is 19.7. The lowest BCUT2D eigenvalue weighted by atomic mass is 10.1. The molecule has 4 aromatic rings. The van der Waals surface area contributed by atoms with Gasteiger partial charge in [0.05, 0.1) is 26.7 Å². The molecular weight excluding hydrogens is 497 g/mol. The molecule has 0 bridgehead atoms. The van der Waals surface area contributed by atoms with Crippen LogP contribution in [-0.2, 0) is 6.18 Å². The van der Waals surface area contributed by atoms with E-state index in [1.165, 1.54) is 63.8 Å². The maximum Gasteiger partial charge on any atom is 0.453 e. The molecule has 1 heterocycles. The summed E-state index contributed by atoms with van der Waals surface area (Å²) in [6.07, 6.45) is -5.07. The Labute approximate surface area is 207 Å². The first kappa shape index (κ1) is 25.4. The molecule has 0 unspecified atom stereocenters. The Morgan fingerprint density at radius 3 is 2.08 bits per heavy atom. The summed E-state index contributed by atoms with van der Waals surface area (Å²) in [6.45, 7) is 0. The molecule has 0 amide bonds. The van der Waals surface area contributed by atoms with E-state index in [9.17, 15) is 22.8 Å². The van der Waals surface area contributed by atoms with Crippen molar-refractivity contribution in [3.8, 4) is 34.5 Å². The summed E-state index contributed by atoms with van der Waals surface area (Å²) in [4.78, 5) is 25.8. The Hall–Kier alpha value is -4.67. The van der Waals surface area contributed by atoms with Gasteiger partial charge in [0.1, 0.15) is 39.9 Å². The van der Waals surface area contributed by atoms with Crippen LogP contribution < -0.4 is 29.1 Å². The molecule has 0 radical (unpaired) electrons. The number of benzene rings is 3. The third-order valence-corrected chi connectivity index (χ3v) is 5.18. The van der Waals surface area contributed by atoms with Gasteiger partial charge >= 0.3 is 12.1 Å². The number of halogens is 3. The van der Waals surface area contributed by atoms with E-state index in [1.54, 1.807) is 12.1 Å². The lowest BCUT2D eigenvalue weighted by molar-refractivity contribution is -0.154. The molecule has 4 rings (SSSR count). The molecule has 0 fully saturated rings. The number of ether oxygens (including phenoxy) is 5. The molecule has 0 saturated heterocycles. The molecule has 0 aliphatic heterocycles. The SMILES string of the molecule is COc1cccc(Oc2c(C(F)(F)F)oc3cc(OC(=O)c4c(OC)cccc4OC)ccc3c2=O)c1. The first-order chi connectivity index (χ1) is 17.7. The van der Waals surface area contributed by atoms with Crippen LogP contribution in [0.1, 0.15) is 16.1 Å². The van der Waals surface area contributed by atoms with Gasteiger partial charge in [0.25, 0.3) is 5.76 Å². The number of carbonyl (C=O) groups excluding carboxylic acids is 1. The zero-order valence-corrected chi connectivity index (χ0v) is 19.7. The fourth-order valence-corrected chi connectivity index (χ4v) is 3.49. The summed E-state index contributed by atoms with van der Waals surface area (Å²) in [7, 11) is 4.07. The van der Waals surface area contributed by atoms with Crippen LogP contribution in [0.4, 0.5) is 13.2 Å². The van der Waals surface area contributed by atoms with Crippen LogP contribution in [-0.4, -0.2) is 27.3 Å². The van der Waals surface area contributed by atoms with Crippen LogP contribution in [0.15, 0.2) is 69.9 Å². The van der Waals surface area contributed by atoms with Gasteiger partial charge in [0.2, 0.25) is 11.2 Å². The standard InChI is InChI=1S/C26H19F3O8/c1-32-14-6-4-7-15(12-14)35-23-22(30)17-11-10-16(13-20(17)37-24(23)26(27,28)29)36-25(31)21-18(33-2)8-5-9-19(21)34-3/h4-13H,1-3H3. The first-order valence-corrected chi connectivity index (χ1v) is 10.6. The molecule has 37 heavy (non-hydrogen) atoms. The highest BCUT2D eigenvalue weighted by atomic mass is 19.4. The average molecular weight is 516 g/mol. The number of methoxy groups -OCH3 is 3. The Morgan fingerprint density at radius 2 is 1.46 bits per heavy atom. The smallest absolute Gasteiger partial charge is 0.453 e. The Morgan fingerprint density at radius 1 is 0.811 bits per heavy atom. The number of rotatable bonds is 7. The van der Waals surface area contributed by atoms with Crippen LogP contribution >= 0.6 is 0 Å². The van der Waals surface area contributed by atoms with Crippen molar-refractivity contribution in [2.24, 2.45) is 0 Å². The minimum Gasteiger partial charge on any atom is -0.497 e. The second-order valence-corrected chi connectivity index (χ2v) is 7.45. The highest BCUT2D eigenvalue weighted by molar-refractivity contribution is 5.97. The van der Waals surface area contributed by atoms with E-state index in [1.807, 2.05) is 0 Å². The predicted octanol–water partition coefficient (Wildman–Crippen LogP) is 5.85. The van der Waals surface area contributed by atoms with E-state index in [-0.39, 0.29) is 33.9 Å². The lowest BCUT2D eigenvalue weighted by Gasteiger charge is -2.14. The Bertz CT molecular complexity index is 1500. The summed E-state index contributed by atoms with van der Waals surface area (Å²) < 4.78 is 72.6. The van der Waals surface area contributed by atoms with E-state index >= 15 is 0 Å². The molecule has 0 aliphatic carbocycles. The molecule has 0 saturated carbocycles. The minimum atomic E-state index is -5.07. The Kier molecular flexibility index (Phi) is 6.96. The van der Waals surface area contributed by atoms with Gasteiger partial charge < -0.3 is 28.1 Å². The second-order valence-electron chi connectivity index (χ2n) is 7.45. The topological polar surface area (TPSA) is 93.4 Å². The van der Waals surface area contributed by atoms with E-state index < -0.39 is 34.7 Å². The van der Waals surface area contributed by atoms with E-state index in [0.29, 0.717) is 5.75 Å². The third kappa shape index (κ3) is 5.15. The van der Waals surface area contributed by atoms with Crippen LogP contribution in [0.3, 0.4) is 0 Å². The van der Waals surface area contributed by atoms with Crippen molar-refractivity contribution in [2.45, 2.75) is 6.18 Å². The minimum absolute atomic E-state index is 0.0351. The number of hydrogen-bond acceptors (Lipinski definition) is 8. The summed E-state index contributed by atoms with van der Waals surface area (Å²) in [5.41, 5.74) is -1.57. The van der Waals surface area contributed by atoms with Crippen molar-refractivity contribution in [3.63, 3.8) is 0 Å². The predicted molar refractivity (Wildman–Crippen MR) is 125 cm³/mol. The van der Waals surface area contributed by atoms with Crippen LogP contribution in [0, 0.1) is 0 Å². The fraction of sp³-hybridized carbons (Fsp3) is 0.154. The van der Waals surface area contributed by atoms with Crippen molar-refractivity contribution in [2.75, 3.05) is 21.3 Å². The molecule has 1 aromatic heterocycles. The summed E-state index contributed by atoms with van der Waals surface area (Å²) >= 11 is 0. The molecule has 8 nitrogen and oxygen atoms in total. The van der Waals surface area contributed by atoms with Crippen molar-refractivity contribution >= 4 is 16.9 Å². The van der Waals surface area contributed by atoms with Crippen molar-refractivity contribution < 1.29 is 46.1 Å². The van der Waals surface area contributed by atoms with Gasteiger partial charge in [-0.05, 0) is 36.4 Å². The lowest BCUT2D eigenvalue weighted by Crippen LogP contribution is -2.16. The maximum absolute atomic E-state index is 13.9. The van der Waals surface area contributed by atoms with E-state index in [2.05, 4.69) is 0 Å². The molecule has 0 atom stereocenters. The number of esters is 1. The van der Waals surface area contributed by atoms with Crippen molar-refractivity contribution in [3.05, 3.63) is 82.2 Å². The highest BCUT2D eigenvalue weighted by Gasteiger charge is 2.40. The van der Waals surface area contributed by atoms with Gasteiger partial charge in [-0.3, -0.25) is 4.79 Å². The van der Waals surface area contributed by atoms with Gasteiger partial charge in [-0.25, -0.2) is 4.79 Å². The van der Waals surface area contributed by atoms with Gasteiger partial charge in [-0.1, -0.05) is 12.1 Å². The first-order valence-electron chi connectivity index (χ1n) is 10.6. The molecule has 11 heteroatoms. The second kappa shape index (κ2) is 10.1. The van der Waals surface area contributed by atoms with E-state index in [0.717, 1.165) is 6.07 Å². The number of carbonyl (C=O) groups is 1. The van der Waals surface area contributed by atoms with Crippen LogP contribution in [0.25, 0.3) is 11.0 Å².